The van der Waals surface area contributed by atoms with Gasteiger partial charge in [0.25, 0.3) is 5.91 Å². The summed E-state index contributed by atoms with van der Waals surface area (Å²) in [6, 6.07) is -0.445. The fourth-order valence-corrected chi connectivity index (χ4v) is 1.23. The van der Waals surface area contributed by atoms with E-state index in [4.69, 9.17) is 4.74 Å². The van der Waals surface area contributed by atoms with Gasteiger partial charge in [-0.3, -0.25) is 10.1 Å². The SMILES string of the molecule is CCC1(COC)NC(=O)NC1=O. The number of rotatable bonds is 3. The number of ether oxygens (including phenoxy) is 1. The molecule has 0 aromatic carbocycles. The molecule has 1 atom stereocenters. The van der Waals surface area contributed by atoms with Gasteiger partial charge in [-0.25, -0.2) is 4.79 Å². The van der Waals surface area contributed by atoms with Crippen LogP contribution >= 0.6 is 0 Å². The molecule has 1 heterocycles. The van der Waals surface area contributed by atoms with Gasteiger partial charge in [0, 0.05) is 7.11 Å². The van der Waals surface area contributed by atoms with Crippen molar-refractivity contribution in [3.8, 4) is 0 Å². The number of hydrogen-bond donors (Lipinski definition) is 2. The van der Waals surface area contributed by atoms with Crippen molar-refractivity contribution in [2.75, 3.05) is 13.7 Å². The Morgan fingerprint density at radius 1 is 1.50 bits per heavy atom. The normalized spacial score (nSPS) is 28.5. The minimum Gasteiger partial charge on any atom is -0.382 e. The average Bonchev–Trinajstić information content (AvgIpc) is 2.28. The van der Waals surface area contributed by atoms with Crippen molar-refractivity contribution in [3.05, 3.63) is 0 Å². The summed E-state index contributed by atoms with van der Waals surface area (Å²) in [7, 11) is 1.50. The van der Waals surface area contributed by atoms with Crippen LogP contribution in [0.4, 0.5) is 4.79 Å². The Balaban J connectivity index is 2.78. The van der Waals surface area contributed by atoms with Crippen molar-refractivity contribution in [2.45, 2.75) is 18.9 Å². The average molecular weight is 172 g/mol. The number of methoxy groups -OCH3 is 1. The molecule has 1 aliphatic rings. The van der Waals surface area contributed by atoms with E-state index < -0.39 is 11.6 Å². The summed E-state index contributed by atoms with van der Waals surface area (Å²) in [6.07, 6.45) is 0.526. The summed E-state index contributed by atoms with van der Waals surface area (Å²) in [6.45, 7) is 2.03. The number of amides is 3. The first-order valence-corrected chi connectivity index (χ1v) is 3.77. The van der Waals surface area contributed by atoms with Gasteiger partial charge in [0.05, 0.1) is 6.61 Å². The van der Waals surface area contributed by atoms with Crippen molar-refractivity contribution in [1.82, 2.24) is 10.6 Å². The fraction of sp³-hybridized carbons (Fsp3) is 0.714. The van der Waals surface area contributed by atoms with Crippen LogP contribution in [-0.2, 0) is 9.53 Å². The molecule has 1 fully saturated rings. The molecule has 68 valence electrons. The van der Waals surface area contributed by atoms with E-state index in [0.717, 1.165) is 0 Å². The van der Waals surface area contributed by atoms with Gasteiger partial charge < -0.3 is 10.1 Å². The highest BCUT2D eigenvalue weighted by molar-refractivity contribution is 6.07. The largest absolute Gasteiger partial charge is 0.382 e. The van der Waals surface area contributed by atoms with Crippen molar-refractivity contribution >= 4 is 11.9 Å². The molecule has 0 bridgehead atoms. The number of imide groups is 1. The molecular formula is C7H12N2O3. The standard InChI is InChI=1S/C7H12N2O3/c1-3-7(4-12-2)5(10)8-6(11)9-7/h3-4H2,1-2H3,(H2,8,9,10,11). The topological polar surface area (TPSA) is 67.4 Å². The molecule has 5 nitrogen and oxygen atoms in total. The first-order valence-electron chi connectivity index (χ1n) is 3.77. The minimum absolute atomic E-state index is 0.209. The summed E-state index contributed by atoms with van der Waals surface area (Å²) in [5.74, 6) is -0.308. The maximum atomic E-state index is 11.3. The molecule has 0 saturated carbocycles. The van der Waals surface area contributed by atoms with Gasteiger partial charge >= 0.3 is 6.03 Å². The molecule has 0 aromatic heterocycles. The quantitative estimate of drug-likeness (QED) is 0.570. The van der Waals surface area contributed by atoms with Crippen LogP contribution in [0.15, 0.2) is 0 Å². The summed E-state index contributed by atoms with van der Waals surface area (Å²) >= 11 is 0. The van der Waals surface area contributed by atoms with Crippen LogP contribution in [0.3, 0.4) is 0 Å². The number of carbonyl (C=O) groups excluding carboxylic acids is 2. The van der Waals surface area contributed by atoms with E-state index in [1.807, 2.05) is 6.92 Å². The van der Waals surface area contributed by atoms with Crippen LogP contribution in [0, 0.1) is 0 Å². The molecule has 5 heteroatoms. The lowest BCUT2D eigenvalue weighted by molar-refractivity contribution is -0.125. The van der Waals surface area contributed by atoms with Crippen molar-refractivity contribution in [3.63, 3.8) is 0 Å². The molecule has 0 aromatic rings. The second kappa shape index (κ2) is 3.10. The maximum Gasteiger partial charge on any atom is 0.322 e. The van der Waals surface area contributed by atoms with Gasteiger partial charge in [-0.15, -0.1) is 0 Å². The zero-order valence-electron chi connectivity index (χ0n) is 7.14. The van der Waals surface area contributed by atoms with Crippen LogP contribution in [-0.4, -0.2) is 31.2 Å². The fourth-order valence-electron chi connectivity index (χ4n) is 1.23. The molecule has 1 unspecified atom stereocenters. The smallest absolute Gasteiger partial charge is 0.322 e. The van der Waals surface area contributed by atoms with Crippen LogP contribution in [0.1, 0.15) is 13.3 Å². The van der Waals surface area contributed by atoms with Gasteiger partial charge in [0.1, 0.15) is 5.54 Å². The predicted molar refractivity (Wildman–Crippen MR) is 41.6 cm³/mol. The Morgan fingerprint density at radius 2 is 2.17 bits per heavy atom. The van der Waals surface area contributed by atoms with Crippen molar-refractivity contribution in [2.24, 2.45) is 0 Å². The lowest BCUT2D eigenvalue weighted by atomic mass is 9.98. The highest BCUT2D eigenvalue weighted by Crippen LogP contribution is 2.14. The van der Waals surface area contributed by atoms with E-state index in [0.29, 0.717) is 6.42 Å². The molecule has 0 spiro atoms. The maximum absolute atomic E-state index is 11.3. The van der Waals surface area contributed by atoms with Crippen LogP contribution in [0.5, 0.6) is 0 Å². The Morgan fingerprint density at radius 3 is 2.50 bits per heavy atom. The summed E-state index contributed by atoms with van der Waals surface area (Å²) in [5, 5.41) is 4.72. The van der Waals surface area contributed by atoms with Crippen LogP contribution in [0.25, 0.3) is 0 Å². The number of carbonyl (C=O) groups is 2. The zero-order valence-corrected chi connectivity index (χ0v) is 7.14. The Hall–Kier alpha value is -1.10. The van der Waals surface area contributed by atoms with Gasteiger partial charge in [-0.2, -0.15) is 0 Å². The molecule has 0 radical (unpaired) electrons. The van der Waals surface area contributed by atoms with Crippen LogP contribution < -0.4 is 10.6 Å². The number of hydrogen-bond acceptors (Lipinski definition) is 3. The highest BCUT2D eigenvalue weighted by Gasteiger charge is 2.44. The minimum atomic E-state index is -0.855. The zero-order chi connectivity index (χ0) is 9.19. The second-order valence-corrected chi connectivity index (χ2v) is 2.78. The van der Waals surface area contributed by atoms with Crippen molar-refractivity contribution in [1.29, 1.82) is 0 Å². The van der Waals surface area contributed by atoms with E-state index in [1.165, 1.54) is 7.11 Å². The molecule has 12 heavy (non-hydrogen) atoms. The summed E-state index contributed by atoms with van der Waals surface area (Å²) < 4.78 is 4.86. The third kappa shape index (κ3) is 1.27. The van der Waals surface area contributed by atoms with E-state index in [2.05, 4.69) is 10.6 Å². The van der Waals surface area contributed by atoms with E-state index in [9.17, 15) is 9.59 Å². The lowest BCUT2D eigenvalue weighted by Gasteiger charge is -2.22. The van der Waals surface area contributed by atoms with Gasteiger partial charge in [0.15, 0.2) is 0 Å². The Labute approximate surface area is 70.5 Å². The summed E-state index contributed by atoms with van der Waals surface area (Å²) in [4.78, 5) is 22.1. The first kappa shape index (κ1) is 8.99. The number of urea groups is 1. The van der Waals surface area contributed by atoms with E-state index >= 15 is 0 Å². The van der Waals surface area contributed by atoms with Gasteiger partial charge in [-0.05, 0) is 6.42 Å². The number of nitrogens with one attached hydrogen (secondary N) is 2. The molecule has 1 aliphatic heterocycles. The third-order valence-electron chi connectivity index (χ3n) is 2.01. The van der Waals surface area contributed by atoms with E-state index in [1.54, 1.807) is 0 Å². The molecular weight excluding hydrogens is 160 g/mol. The first-order chi connectivity index (χ1) is 5.64. The van der Waals surface area contributed by atoms with E-state index in [-0.39, 0.29) is 12.5 Å². The van der Waals surface area contributed by atoms with Gasteiger partial charge in [0.2, 0.25) is 0 Å². The summed E-state index contributed by atoms with van der Waals surface area (Å²) in [5.41, 5.74) is -0.855. The Kier molecular flexibility index (Phi) is 2.32. The third-order valence-corrected chi connectivity index (χ3v) is 2.01. The molecule has 2 N–H and O–H groups in total. The lowest BCUT2D eigenvalue weighted by Crippen LogP contribution is -2.50. The molecule has 3 amide bonds. The Bertz CT molecular complexity index is 217. The molecule has 1 saturated heterocycles. The molecule has 0 aliphatic carbocycles. The highest BCUT2D eigenvalue weighted by atomic mass is 16.5. The molecule has 1 rings (SSSR count). The van der Waals surface area contributed by atoms with Crippen LogP contribution in [0.2, 0.25) is 0 Å². The van der Waals surface area contributed by atoms with Crippen molar-refractivity contribution < 1.29 is 14.3 Å². The second-order valence-electron chi connectivity index (χ2n) is 2.78. The predicted octanol–water partition coefficient (Wildman–Crippen LogP) is -0.379. The van der Waals surface area contributed by atoms with Gasteiger partial charge in [-0.1, -0.05) is 6.92 Å². The monoisotopic (exact) mass is 172 g/mol.